The first-order valence-corrected chi connectivity index (χ1v) is 10.9. The molecule has 32 heavy (non-hydrogen) atoms. The summed E-state index contributed by atoms with van der Waals surface area (Å²) in [6, 6.07) is 11.4. The Bertz CT molecular complexity index is 1050. The van der Waals surface area contributed by atoms with E-state index < -0.39 is 0 Å². The van der Waals surface area contributed by atoms with Crippen LogP contribution in [0, 0.1) is 5.92 Å². The summed E-state index contributed by atoms with van der Waals surface area (Å²) in [6.45, 7) is 4.79. The highest BCUT2D eigenvalue weighted by molar-refractivity contribution is 5.94. The Hall–Kier alpha value is -3.35. The molecule has 1 aromatic carbocycles. The second-order valence-electron chi connectivity index (χ2n) is 8.85. The number of likely N-dealkylation sites (tertiary alicyclic amines) is 1. The quantitative estimate of drug-likeness (QED) is 0.527. The van der Waals surface area contributed by atoms with Crippen molar-refractivity contribution in [2.75, 3.05) is 31.6 Å². The van der Waals surface area contributed by atoms with Crippen molar-refractivity contribution in [2.45, 2.75) is 32.1 Å². The molecule has 0 N–H and O–H groups in total. The number of para-hydroxylation sites is 1. The van der Waals surface area contributed by atoms with Crippen molar-refractivity contribution in [1.82, 2.24) is 4.90 Å². The lowest BCUT2D eigenvalue weighted by molar-refractivity contribution is -0.152. The van der Waals surface area contributed by atoms with E-state index >= 15 is 0 Å². The maximum Gasteiger partial charge on any atom is 0.309 e. The number of hydrogen-bond acceptors (Lipinski definition) is 6. The summed E-state index contributed by atoms with van der Waals surface area (Å²) in [7, 11) is 1.94. The van der Waals surface area contributed by atoms with E-state index in [-0.39, 0.29) is 35.6 Å². The average molecular weight is 437 g/mol. The number of esters is 1. The zero-order chi connectivity index (χ0) is 22.9. The van der Waals surface area contributed by atoms with Gasteiger partial charge in [0.1, 0.15) is 0 Å². The molecule has 2 aliphatic rings. The number of anilines is 1. The highest BCUT2D eigenvalue weighted by Crippen LogP contribution is 2.46. The molecule has 1 fully saturated rings. The molecule has 0 aliphatic carbocycles. The van der Waals surface area contributed by atoms with Gasteiger partial charge in [-0.15, -0.1) is 0 Å². The Balaban J connectivity index is 1.30. The van der Waals surface area contributed by atoms with E-state index in [0.29, 0.717) is 31.7 Å². The molecule has 0 radical (unpaired) electrons. The summed E-state index contributed by atoms with van der Waals surface area (Å²) >= 11 is 0. The van der Waals surface area contributed by atoms with Gasteiger partial charge in [-0.25, -0.2) is 0 Å². The molecule has 1 saturated heterocycles. The summed E-state index contributed by atoms with van der Waals surface area (Å²) in [6.07, 6.45) is 4.06. The van der Waals surface area contributed by atoms with Gasteiger partial charge >= 0.3 is 5.97 Å². The lowest BCUT2D eigenvalue weighted by Gasteiger charge is -2.30. The van der Waals surface area contributed by atoms with Gasteiger partial charge in [0.2, 0.25) is 0 Å². The number of allylic oxidation sites excluding steroid dienone is 1. The van der Waals surface area contributed by atoms with Crippen molar-refractivity contribution in [3.05, 3.63) is 65.8 Å². The third-order valence-corrected chi connectivity index (χ3v) is 6.44. The number of carbonyl (C=O) groups is 3. The summed E-state index contributed by atoms with van der Waals surface area (Å²) < 4.78 is 10.5. The van der Waals surface area contributed by atoms with E-state index in [1.807, 2.05) is 30.1 Å². The Morgan fingerprint density at radius 1 is 1.12 bits per heavy atom. The second kappa shape index (κ2) is 8.65. The second-order valence-corrected chi connectivity index (χ2v) is 8.85. The molecule has 2 aromatic rings. The van der Waals surface area contributed by atoms with Gasteiger partial charge in [-0.3, -0.25) is 14.4 Å². The zero-order valence-electron chi connectivity index (χ0n) is 18.7. The molecular formula is C25H28N2O5. The minimum absolute atomic E-state index is 0.173. The summed E-state index contributed by atoms with van der Waals surface area (Å²) in [5.41, 5.74) is 2.81. The number of ether oxygens (including phenoxy) is 1. The van der Waals surface area contributed by atoms with E-state index in [4.69, 9.17) is 9.15 Å². The number of carbonyl (C=O) groups excluding carboxylic acids is 3. The summed E-state index contributed by atoms with van der Waals surface area (Å²) in [5, 5.41) is 0. The van der Waals surface area contributed by atoms with E-state index in [0.717, 1.165) is 16.9 Å². The fourth-order valence-electron chi connectivity index (χ4n) is 4.59. The van der Waals surface area contributed by atoms with Gasteiger partial charge < -0.3 is 19.0 Å². The Kier molecular flexibility index (Phi) is 5.91. The first kappa shape index (κ1) is 21.9. The molecule has 1 amide bonds. The van der Waals surface area contributed by atoms with Gasteiger partial charge in [-0.05, 0) is 36.6 Å². The van der Waals surface area contributed by atoms with Gasteiger partial charge in [0.05, 0.1) is 12.2 Å². The molecule has 0 saturated carbocycles. The number of amides is 1. The van der Waals surface area contributed by atoms with Crippen LogP contribution in [0.2, 0.25) is 0 Å². The lowest BCUT2D eigenvalue weighted by Crippen LogP contribution is -2.40. The number of ketones is 1. The van der Waals surface area contributed by atoms with Crippen LogP contribution in [0.25, 0.3) is 0 Å². The monoisotopic (exact) mass is 436 g/mol. The van der Waals surface area contributed by atoms with Crippen molar-refractivity contribution in [3.8, 4) is 0 Å². The smallest absolute Gasteiger partial charge is 0.309 e. The fourth-order valence-corrected chi connectivity index (χ4v) is 4.59. The van der Waals surface area contributed by atoms with Crippen LogP contribution in [0.5, 0.6) is 0 Å². The molecule has 0 spiro atoms. The van der Waals surface area contributed by atoms with Crippen LogP contribution in [0.4, 0.5) is 5.69 Å². The summed E-state index contributed by atoms with van der Waals surface area (Å²) in [4.78, 5) is 41.1. The van der Waals surface area contributed by atoms with Gasteiger partial charge in [0.15, 0.2) is 18.2 Å². The molecule has 0 bridgehead atoms. The van der Waals surface area contributed by atoms with Crippen LogP contribution >= 0.6 is 0 Å². The third kappa shape index (κ3) is 4.07. The number of rotatable bonds is 5. The first-order valence-electron chi connectivity index (χ1n) is 10.9. The number of nitrogens with zero attached hydrogens (tertiary/aromatic N) is 2. The first-order chi connectivity index (χ1) is 15.3. The standard InChI is InChI=1S/C25H28N2O5/c1-25(2)19-7-4-5-8-20(19)26(3)22(25)15-18(28)16-32-24(30)17-10-12-27(13-11-17)23(29)21-9-6-14-31-21/h4-9,14-15,17H,10-13,16H2,1-3H3/b22-15-. The highest BCUT2D eigenvalue weighted by atomic mass is 16.5. The Morgan fingerprint density at radius 3 is 2.50 bits per heavy atom. The number of benzene rings is 1. The van der Waals surface area contributed by atoms with E-state index in [9.17, 15) is 14.4 Å². The van der Waals surface area contributed by atoms with Crippen molar-refractivity contribution in [1.29, 1.82) is 0 Å². The number of hydrogen-bond donors (Lipinski definition) is 0. The Labute approximate surface area is 187 Å². The van der Waals surface area contributed by atoms with Crippen molar-refractivity contribution in [2.24, 2.45) is 5.92 Å². The topological polar surface area (TPSA) is 80.1 Å². The maximum absolute atomic E-state index is 12.6. The molecular weight excluding hydrogens is 408 g/mol. The van der Waals surface area contributed by atoms with Crippen LogP contribution in [-0.4, -0.2) is 49.3 Å². The van der Waals surface area contributed by atoms with Crippen molar-refractivity contribution >= 4 is 23.3 Å². The minimum Gasteiger partial charge on any atom is -0.459 e. The van der Waals surface area contributed by atoms with Crippen LogP contribution in [-0.2, 0) is 19.7 Å². The molecule has 168 valence electrons. The van der Waals surface area contributed by atoms with Crippen molar-refractivity contribution < 1.29 is 23.5 Å². The normalized spacial score (nSPS) is 19.2. The van der Waals surface area contributed by atoms with Crippen LogP contribution in [0.1, 0.15) is 42.8 Å². The Morgan fingerprint density at radius 2 is 1.84 bits per heavy atom. The number of piperidine rings is 1. The molecule has 4 rings (SSSR count). The molecule has 7 heteroatoms. The van der Waals surface area contributed by atoms with Crippen molar-refractivity contribution in [3.63, 3.8) is 0 Å². The number of furan rings is 1. The van der Waals surface area contributed by atoms with Crippen LogP contribution in [0.15, 0.2) is 58.9 Å². The largest absolute Gasteiger partial charge is 0.459 e. The molecule has 0 unspecified atom stereocenters. The van der Waals surface area contributed by atoms with Gasteiger partial charge in [0, 0.05) is 43.0 Å². The maximum atomic E-state index is 12.6. The molecule has 0 atom stereocenters. The fraction of sp³-hybridized carbons (Fsp3) is 0.400. The summed E-state index contributed by atoms with van der Waals surface area (Å²) in [5.74, 6) is -0.818. The zero-order valence-corrected chi connectivity index (χ0v) is 18.7. The minimum atomic E-state index is -0.385. The average Bonchev–Trinajstić information content (AvgIpc) is 3.40. The predicted octanol–water partition coefficient (Wildman–Crippen LogP) is 3.56. The molecule has 7 nitrogen and oxygen atoms in total. The predicted molar refractivity (Wildman–Crippen MR) is 119 cm³/mol. The van der Waals surface area contributed by atoms with E-state index in [1.54, 1.807) is 23.1 Å². The number of likely N-dealkylation sites (N-methyl/N-ethyl adjacent to an activating group) is 1. The van der Waals surface area contributed by atoms with Crippen LogP contribution in [0.3, 0.4) is 0 Å². The van der Waals surface area contributed by atoms with Crippen LogP contribution < -0.4 is 4.90 Å². The molecule has 2 aliphatic heterocycles. The van der Waals surface area contributed by atoms with Gasteiger partial charge in [-0.1, -0.05) is 32.0 Å². The lowest BCUT2D eigenvalue weighted by atomic mass is 9.83. The third-order valence-electron chi connectivity index (χ3n) is 6.44. The SMILES string of the molecule is CN1/C(=C\C(=O)COC(=O)C2CCN(C(=O)c3ccco3)CC2)C(C)(C)c2ccccc21. The number of fused-ring (bicyclic) bond motifs is 1. The molecule has 1 aromatic heterocycles. The molecule has 3 heterocycles. The van der Waals surface area contributed by atoms with Gasteiger partial charge in [-0.2, -0.15) is 0 Å². The van der Waals surface area contributed by atoms with E-state index in [1.165, 1.54) is 6.26 Å². The van der Waals surface area contributed by atoms with E-state index in [2.05, 4.69) is 19.9 Å². The highest BCUT2D eigenvalue weighted by Gasteiger charge is 2.38. The van der Waals surface area contributed by atoms with Gasteiger partial charge in [0.25, 0.3) is 5.91 Å².